The van der Waals surface area contributed by atoms with Crippen LogP contribution in [0.5, 0.6) is 0 Å². The van der Waals surface area contributed by atoms with Crippen LogP contribution >= 0.6 is 22.6 Å². The molecule has 0 aliphatic carbocycles. The van der Waals surface area contributed by atoms with E-state index in [-0.39, 0.29) is 10.8 Å². The fourth-order valence-corrected chi connectivity index (χ4v) is 6.18. The summed E-state index contributed by atoms with van der Waals surface area (Å²) in [6, 6.07) is 21.4. The summed E-state index contributed by atoms with van der Waals surface area (Å²) in [7, 11) is -1.64. The molecule has 124 valence electrons. The molecule has 0 heterocycles. The van der Waals surface area contributed by atoms with E-state index < -0.39 is 9.04 Å². The molecule has 2 rings (SSSR count). The van der Waals surface area contributed by atoms with Crippen LogP contribution in [0.3, 0.4) is 0 Å². The van der Waals surface area contributed by atoms with Crippen LogP contribution in [0.2, 0.25) is 0 Å². The van der Waals surface area contributed by atoms with E-state index in [4.69, 9.17) is 4.43 Å². The molecule has 23 heavy (non-hydrogen) atoms. The van der Waals surface area contributed by atoms with Crippen molar-refractivity contribution in [2.45, 2.75) is 27.7 Å². The lowest BCUT2D eigenvalue weighted by Gasteiger charge is -2.41. The highest BCUT2D eigenvalue weighted by Crippen LogP contribution is 2.40. The molecule has 0 N–H and O–H groups in total. The van der Waals surface area contributed by atoms with Gasteiger partial charge in [0.25, 0.3) is 0 Å². The summed E-state index contributed by atoms with van der Waals surface area (Å²) in [6.45, 7) is 10.1. The van der Waals surface area contributed by atoms with Gasteiger partial charge in [0.05, 0.1) is 0 Å². The van der Waals surface area contributed by atoms with Crippen LogP contribution in [0.25, 0.3) is 0 Å². The van der Waals surface area contributed by atoms with Gasteiger partial charge in [-0.3, -0.25) is 0 Å². The first-order valence-electron chi connectivity index (χ1n) is 8.15. The van der Waals surface area contributed by atoms with Gasteiger partial charge in [-0.25, -0.2) is 0 Å². The minimum absolute atomic E-state index is 0.169. The zero-order chi connectivity index (χ0) is 16.9. The third-order valence-electron chi connectivity index (χ3n) is 4.88. The first-order chi connectivity index (χ1) is 10.9. The molecule has 0 aromatic heterocycles. The topological polar surface area (TPSA) is 9.23 Å². The third-order valence-corrected chi connectivity index (χ3v) is 9.04. The average molecular weight is 438 g/mol. The molecule has 3 heteroatoms. The van der Waals surface area contributed by atoms with Crippen molar-refractivity contribution in [2.75, 3.05) is 11.0 Å². The van der Waals surface area contributed by atoms with Crippen LogP contribution in [0.1, 0.15) is 27.7 Å². The van der Waals surface area contributed by atoms with Crippen LogP contribution in [0, 0.1) is 10.8 Å². The Morgan fingerprint density at radius 1 is 0.826 bits per heavy atom. The van der Waals surface area contributed by atoms with Gasteiger partial charge in [0.15, 0.2) is 0 Å². The standard InChI is InChI=1S/C20H27IOSi/c1-19(2,3)20(4,15-21)16-22-23(17-11-7-5-8-12-17)18-13-9-6-10-14-18/h5-14,23H,15-16H2,1-4H3/t20-/m1/s1. The van der Waals surface area contributed by atoms with E-state index in [9.17, 15) is 0 Å². The number of hydrogen-bond acceptors (Lipinski definition) is 1. The number of rotatable bonds is 6. The predicted molar refractivity (Wildman–Crippen MR) is 112 cm³/mol. The molecular formula is C20H27IOSi. The fourth-order valence-electron chi connectivity index (χ4n) is 2.36. The number of hydrogen-bond donors (Lipinski definition) is 0. The summed E-state index contributed by atoms with van der Waals surface area (Å²) in [4.78, 5) is 0. The minimum atomic E-state index is -1.64. The zero-order valence-electron chi connectivity index (χ0n) is 14.6. The highest BCUT2D eigenvalue weighted by molar-refractivity contribution is 14.1. The number of halogens is 1. The van der Waals surface area contributed by atoms with Gasteiger partial charge in [-0.15, -0.1) is 0 Å². The molecule has 0 saturated carbocycles. The highest BCUT2D eigenvalue weighted by atomic mass is 127. The summed E-state index contributed by atoms with van der Waals surface area (Å²) in [5.41, 5.74) is 0.392. The Morgan fingerprint density at radius 2 is 1.26 bits per heavy atom. The van der Waals surface area contributed by atoms with E-state index in [0.29, 0.717) is 0 Å². The Balaban J connectivity index is 2.26. The molecule has 1 atom stereocenters. The molecular weight excluding hydrogens is 411 g/mol. The Labute approximate surface area is 156 Å². The second kappa shape index (κ2) is 7.95. The van der Waals surface area contributed by atoms with Gasteiger partial charge < -0.3 is 4.43 Å². The summed E-state index contributed by atoms with van der Waals surface area (Å²) in [5, 5.41) is 2.70. The highest BCUT2D eigenvalue weighted by Gasteiger charge is 2.37. The molecule has 1 nitrogen and oxygen atoms in total. The summed E-state index contributed by atoms with van der Waals surface area (Å²) in [5.74, 6) is 0. The summed E-state index contributed by atoms with van der Waals surface area (Å²) in [6.07, 6.45) is 0. The van der Waals surface area contributed by atoms with Gasteiger partial charge >= 0.3 is 0 Å². The summed E-state index contributed by atoms with van der Waals surface area (Å²) < 4.78 is 7.73. The van der Waals surface area contributed by atoms with Crippen LogP contribution in [0.4, 0.5) is 0 Å². The first-order valence-corrected chi connectivity index (χ1v) is 11.3. The normalized spacial score (nSPS) is 14.7. The molecule has 0 amide bonds. The van der Waals surface area contributed by atoms with Crippen molar-refractivity contribution in [3.05, 3.63) is 60.7 Å². The monoisotopic (exact) mass is 438 g/mol. The number of alkyl halides is 1. The molecule has 0 fully saturated rings. The van der Waals surface area contributed by atoms with Crippen LogP contribution in [0.15, 0.2) is 60.7 Å². The van der Waals surface area contributed by atoms with Crippen molar-refractivity contribution in [3.63, 3.8) is 0 Å². The van der Waals surface area contributed by atoms with E-state index >= 15 is 0 Å². The molecule has 0 saturated heterocycles. The van der Waals surface area contributed by atoms with Crippen molar-refractivity contribution in [2.24, 2.45) is 10.8 Å². The smallest absolute Gasteiger partial charge is 0.239 e. The molecule has 0 radical (unpaired) electrons. The van der Waals surface area contributed by atoms with Crippen molar-refractivity contribution in [1.82, 2.24) is 0 Å². The Hall–Kier alpha value is -0.653. The Bertz CT molecular complexity index is 555. The Morgan fingerprint density at radius 3 is 1.61 bits per heavy atom. The minimum Gasteiger partial charge on any atom is -0.410 e. The molecule has 2 aromatic carbocycles. The second-order valence-corrected chi connectivity index (χ2v) is 10.6. The zero-order valence-corrected chi connectivity index (χ0v) is 17.9. The molecule has 0 unspecified atom stereocenters. The van der Waals surface area contributed by atoms with E-state index in [1.807, 2.05) is 0 Å². The van der Waals surface area contributed by atoms with Crippen molar-refractivity contribution in [1.29, 1.82) is 0 Å². The van der Waals surface area contributed by atoms with E-state index in [1.54, 1.807) is 0 Å². The van der Waals surface area contributed by atoms with Crippen LogP contribution in [-0.4, -0.2) is 20.1 Å². The van der Waals surface area contributed by atoms with Crippen LogP contribution in [-0.2, 0) is 4.43 Å². The lowest BCUT2D eigenvalue weighted by atomic mass is 9.70. The van der Waals surface area contributed by atoms with Crippen molar-refractivity contribution < 1.29 is 4.43 Å². The van der Waals surface area contributed by atoms with Gasteiger partial charge in [-0.2, -0.15) is 0 Å². The van der Waals surface area contributed by atoms with Crippen LogP contribution < -0.4 is 10.4 Å². The molecule has 0 aliphatic rings. The summed E-state index contributed by atoms with van der Waals surface area (Å²) >= 11 is 2.50. The van der Waals surface area contributed by atoms with Gasteiger partial charge in [0.2, 0.25) is 9.04 Å². The lowest BCUT2D eigenvalue weighted by molar-refractivity contribution is 0.0714. The molecule has 0 spiro atoms. The maximum atomic E-state index is 6.63. The molecule has 0 bridgehead atoms. The van der Waals surface area contributed by atoms with Gasteiger partial charge in [0, 0.05) is 16.4 Å². The Kier molecular flexibility index (Phi) is 6.46. The molecule has 0 aliphatic heterocycles. The predicted octanol–water partition coefficient (Wildman–Crippen LogP) is 4.03. The van der Waals surface area contributed by atoms with E-state index in [1.165, 1.54) is 10.4 Å². The van der Waals surface area contributed by atoms with Gasteiger partial charge in [0.1, 0.15) is 0 Å². The fraction of sp³-hybridized carbons (Fsp3) is 0.400. The maximum absolute atomic E-state index is 6.63. The lowest BCUT2D eigenvalue weighted by Crippen LogP contribution is -2.49. The van der Waals surface area contributed by atoms with E-state index in [0.717, 1.165) is 11.0 Å². The van der Waals surface area contributed by atoms with Gasteiger partial charge in [-0.1, -0.05) is 111 Å². The molecule has 2 aromatic rings. The van der Waals surface area contributed by atoms with Crippen molar-refractivity contribution >= 4 is 42.0 Å². The first kappa shape index (κ1) is 18.7. The largest absolute Gasteiger partial charge is 0.410 e. The quantitative estimate of drug-likeness (QED) is 0.376. The number of benzene rings is 2. The SMILES string of the molecule is CC(C)(C)[C@](C)(CI)CO[SiH](c1ccccc1)c1ccccc1. The average Bonchev–Trinajstić information content (AvgIpc) is 2.55. The van der Waals surface area contributed by atoms with Crippen molar-refractivity contribution in [3.8, 4) is 0 Å². The second-order valence-electron chi connectivity index (χ2n) is 7.46. The maximum Gasteiger partial charge on any atom is 0.239 e. The van der Waals surface area contributed by atoms with E-state index in [2.05, 4.69) is 111 Å². The third kappa shape index (κ3) is 4.67. The van der Waals surface area contributed by atoms with Gasteiger partial charge in [-0.05, 0) is 15.8 Å².